The Balaban J connectivity index is 4.80. The van der Waals surface area contributed by atoms with Gasteiger partial charge in [-0.3, -0.25) is 0 Å². The number of ether oxygens (including phenoxy) is 1. The van der Waals surface area contributed by atoms with Gasteiger partial charge >= 0.3 is 6.09 Å². The first-order chi connectivity index (χ1) is 9.90. The number of hydrogen-bond acceptors (Lipinski definition) is 5. The summed E-state index contributed by atoms with van der Waals surface area (Å²) >= 11 is 0. The summed E-state index contributed by atoms with van der Waals surface area (Å²) in [6.45, 7) is 13.8. The topological polar surface area (TPSA) is 82.0 Å². The fraction of sp³-hybridized carbons (Fsp3) is 0.938. The molecule has 0 aromatic carbocycles. The lowest BCUT2D eigenvalue weighted by Gasteiger charge is -2.38. The van der Waals surface area contributed by atoms with E-state index >= 15 is 0 Å². The van der Waals surface area contributed by atoms with Crippen LogP contribution in [0.3, 0.4) is 0 Å². The third kappa shape index (κ3) is 6.94. The van der Waals surface area contributed by atoms with E-state index in [0.29, 0.717) is 19.5 Å². The molecule has 0 aromatic heterocycles. The normalized spacial score (nSPS) is 13.1. The number of carbonyl (C=O) groups excluding carboxylic acids is 1. The molecule has 0 aliphatic rings. The third-order valence-electron chi connectivity index (χ3n) is 3.54. The molecular weight excluding hydrogens is 284 g/mol. The van der Waals surface area contributed by atoms with Gasteiger partial charge in [0.15, 0.2) is 0 Å². The van der Waals surface area contributed by atoms with Crippen LogP contribution in [-0.2, 0) is 4.74 Å². The Morgan fingerprint density at radius 3 is 1.91 bits per heavy atom. The number of amides is 1. The van der Waals surface area contributed by atoms with Gasteiger partial charge in [0, 0.05) is 18.6 Å². The lowest BCUT2D eigenvalue weighted by atomic mass is 9.98. The average Bonchev–Trinajstić information content (AvgIpc) is 2.36. The van der Waals surface area contributed by atoms with E-state index in [9.17, 15) is 15.0 Å². The summed E-state index contributed by atoms with van der Waals surface area (Å²) in [6.07, 6.45) is 0.235. The second kappa shape index (κ2) is 8.13. The smallest absolute Gasteiger partial charge is 0.410 e. The number of aliphatic hydroxyl groups is 2. The summed E-state index contributed by atoms with van der Waals surface area (Å²) < 4.78 is 5.45. The average molecular weight is 318 g/mol. The summed E-state index contributed by atoms with van der Waals surface area (Å²) in [6, 6.07) is 0. The highest BCUT2D eigenvalue weighted by Gasteiger charge is 2.31. The van der Waals surface area contributed by atoms with Crippen molar-refractivity contribution in [2.24, 2.45) is 0 Å². The van der Waals surface area contributed by atoms with Crippen LogP contribution in [0.1, 0.15) is 54.9 Å². The Morgan fingerprint density at radius 2 is 1.59 bits per heavy atom. The SMILES string of the molecule is CCC(CO)(CO)NCCN(C(=O)OC(C)(C)C)C(C)(C)C. The van der Waals surface area contributed by atoms with E-state index in [2.05, 4.69) is 5.32 Å². The fourth-order valence-electron chi connectivity index (χ4n) is 1.96. The van der Waals surface area contributed by atoms with Crippen LogP contribution in [-0.4, -0.2) is 64.2 Å². The Kier molecular flexibility index (Phi) is 7.81. The van der Waals surface area contributed by atoms with Gasteiger partial charge < -0.3 is 25.2 Å². The second-order valence-electron chi connectivity index (χ2n) is 7.68. The predicted molar refractivity (Wildman–Crippen MR) is 87.9 cm³/mol. The molecule has 1 amide bonds. The van der Waals surface area contributed by atoms with E-state index in [-0.39, 0.29) is 24.8 Å². The van der Waals surface area contributed by atoms with Crippen molar-refractivity contribution in [1.29, 1.82) is 0 Å². The molecule has 22 heavy (non-hydrogen) atoms. The second-order valence-corrected chi connectivity index (χ2v) is 7.68. The van der Waals surface area contributed by atoms with Crippen LogP contribution in [0.5, 0.6) is 0 Å². The number of nitrogens with one attached hydrogen (secondary N) is 1. The van der Waals surface area contributed by atoms with Crippen molar-refractivity contribution in [3.05, 3.63) is 0 Å². The Hall–Kier alpha value is -0.850. The number of rotatable bonds is 7. The molecule has 0 saturated heterocycles. The van der Waals surface area contributed by atoms with E-state index in [1.54, 1.807) is 4.90 Å². The van der Waals surface area contributed by atoms with Crippen molar-refractivity contribution in [2.75, 3.05) is 26.3 Å². The molecule has 0 aliphatic heterocycles. The van der Waals surface area contributed by atoms with Crippen LogP contribution in [0.4, 0.5) is 4.79 Å². The molecule has 0 aliphatic carbocycles. The van der Waals surface area contributed by atoms with Crippen LogP contribution < -0.4 is 5.32 Å². The maximum Gasteiger partial charge on any atom is 0.410 e. The van der Waals surface area contributed by atoms with Gasteiger partial charge in [-0.2, -0.15) is 0 Å². The molecule has 6 nitrogen and oxygen atoms in total. The first kappa shape index (κ1) is 21.1. The van der Waals surface area contributed by atoms with Gasteiger partial charge in [-0.05, 0) is 48.0 Å². The molecule has 0 atom stereocenters. The van der Waals surface area contributed by atoms with Gasteiger partial charge in [-0.25, -0.2) is 4.79 Å². The van der Waals surface area contributed by atoms with Crippen molar-refractivity contribution in [2.45, 2.75) is 71.6 Å². The summed E-state index contributed by atoms with van der Waals surface area (Å²) in [7, 11) is 0. The zero-order chi connectivity index (χ0) is 17.6. The lowest BCUT2D eigenvalue weighted by Crippen LogP contribution is -2.56. The van der Waals surface area contributed by atoms with Crippen LogP contribution in [0.2, 0.25) is 0 Å². The quantitative estimate of drug-likeness (QED) is 0.666. The maximum absolute atomic E-state index is 12.3. The zero-order valence-electron chi connectivity index (χ0n) is 15.2. The summed E-state index contributed by atoms with van der Waals surface area (Å²) in [4.78, 5) is 14.0. The number of aliphatic hydroxyl groups excluding tert-OH is 2. The van der Waals surface area contributed by atoms with Gasteiger partial charge in [0.25, 0.3) is 0 Å². The summed E-state index contributed by atoms with van der Waals surface area (Å²) in [5.74, 6) is 0. The van der Waals surface area contributed by atoms with E-state index in [0.717, 1.165) is 0 Å². The molecule has 0 rings (SSSR count). The van der Waals surface area contributed by atoms with E-state index in [1.807, 2.05) is 48.5 Å². The van der Waals surface area contributed by atoms with E-state index < -0.39 is 11.1 Å². The van der Waals surface area contributed by atoms with Crippen molar-refractivity contribution in [3.63, 3.8) is 0 Å². The Labute approximate surface area is 134 Å². The Bertz CT molecular complexity index is 333. The molecule has 0 saturated carbocycles. The minimum atomic E-state index is -0.711. The molecule has 6 heteroatoms. The van der Waals surface area contributed by atoms with Crippen molar-refractivity contribution < 1.29 is 19.7 Å². The van der Waals surface area contributed by atoms with Gasteiger partial charge in [0.1, 0.15) is 5.60 Å². The maximum atomic E-state index is 12.3. The largest absolute Gasteiger partial charge is 0.444 e. The van der Waals surface area contributed by atoms with Crippen LogP contribution in [0.15, 0.2) is 0 Å². The molecule has 3 N–H and O–H groups in total. The molecule has 0 radical (unpaired) electrons. The minimum absolute atomic E-state index is 0.151. The summed E-state index contributed by atoms with van der Waals surface area (Å²) in [5, 5.41) is 22.0. The highest BCUT2D eigenvalue weighted by molar-refractivity contribution is 5.69. The molecule has 0 spiro atoms. The van der Waals surface area contributed by atoms with Gasteiger partial charge in [-0.1, -0.05) is 6.92 Å². The molecule has 0 unspecified atom stereocenters. The minimum Gasteiger partial charge on any atom is -0.444 e. The van der Waals surface area contributed by atoms with E-state index in [1.165, 1.54) is 0 Å². The number of carbonyl (C=O) groups is 1. The van der Waals surface area contributed by atoms with Crippen molar-refractivity contribution in [1.82, 2.24) is 10.2 Å². The monoisotopic (exact) mass is 318 g/mol. The molecule has 0 aromatic rings. The summed E-state index contributed by atoms with van der Waals surface area (Å²) in [5.41, 5.74) is -1.63. The molecular formula is C16H34N2O4. The van der Waals surface area contributed by atoms with Crippen LogP contribution in [0.25, 0.3) is 0 Å². The zero-order valence-corrected chi connectivity index (χ0v) is 15.2. The number of nitrogens with zero attached hydrogens (tertiary/aromatic N) is 1. The van der Waals surface area contributed by atoms with Crippen LogP contribution >= 0.6 is 0 Å². The van der Waals surface area contributed by atoms with Gasteiger partial charge in [-0.15, -0.1) is 0 Å². The highest BCUT2D eigenvalue weighted by Crippen LogP contribution is 2.18. The van der Waals surface area contributed by atoms with Crippen molar-refractivity contribution >= 4 is 6.09 Å². The predicted octanol–water partition coefficient (Wildman–Crippen LogP) is 1.74. The van der Waals surface area contributed by atoms with E-state index in [4.69, 9.17) is 4.74 Å². The lowest BCUT2D eigenvalue weighted by molar-refractivity contribution is 0.00500. The standard InChI is InChI=1S/C16H34N2O4/c1-8-16(11-19,12-20)17-9-10-18(14(2,3)4)13(21)22-15(5,6)7/h17,19-20H,8-12H2,1-7H3. The molecule has 0 bridgehead atoms. The number of hydrogen-bond donors (Lipinski definition) is 3. The van der Waals surface area contributed by atoms with Crippen LogP contribution in [0, 0.1) is 0 Å². The third-order valence-corrected chi connectivity index (χ3v) is 3.54. The first-order valence-electron chi connectivity index (χ1n) is 7.88. The van der Waals surface area contributed by atoms with Crippen molar-refractivity contribution in [3.8, 4) is 0 Å². The molecule has 0 heterocycles. The van der Waals surface area contributed by atoms with Gasteiger partial charge in [0.2, 0.25) is 0 Å². The van der Waals surface area contributed by atoms with Gasteiger partial charge in [0.05, 0.1) is 18.8 Å². The molecule has 132 valence electrons. The highest BCUT2D eigenvalue weighted by atomic mass is 16.6. The molecule has 0 fully saturated rings. The Morgan fingerprint density at radius 1 is 1.09 bits per heavy atom. The fourth-order valence-corrected chi connectivity index (χ4v) is 1.96. The first-order valence-corrected chi connectivity index (χ1v) is 7.88.